The Kier molecular flexibility index (Phi) is 3.27. The number of hydrogen-bond acceptors (Lipinski definition) is 3. The minimum absolute atomic E-state index is 0.303. The molecular weight excluding hydrogens is 234 g/mol. The molecule has 1 nitrogen and oxygen atoms in total. The zero-order chi connectivity index (χ0) is 11.0. The third-order valence-corrected chi connectivity index (χ3v) is 6.18. The molecule has 0 radical (unpaired) electrons. The van der Waals surface area contributed by atoms with Gasteiger partial charge in [0.2, 0.25) is 0 Å². The van der Waals surface area contributed by atoms with Crippen molar-refractivity contribution in [2.75, 3.05) is 5.75 Å². The Morgan fingerprint density at radius 1 is 1.19 bits per heavy atom. The van der Waals surface area contributed by atoms with E-state index >= 15 is 0 Å². The minimum Gasteiger partial charge on any atom is -0.323 e. The van der Waals surface area contributed by atoms with Crippen molar-refractivity contribution in [1.82, 2.24) is 0 Å². The number of rotatable bonds is 1. The first-order chi connectivity index (χ1) is 7.86. The van der Waals surface area contributed by atoms with E-state index in [0.29, 0.717) is 6.04 Å². The number of thiophene rings is 1. The average molecular weight is 253 g/mol. The molecule has 1 aliphatic heterocycles. The van der Waals surface area contributed by atoms with Gasteiger partial charge in [-0.2, -0.15) is 11.8 Å². The monoisotopic (exact) mass is 253 g/mol. The second kappa shape index (κ2) is 4.71. The molecule has 0 bridgehead atoms. The van der Waals surface area contributed by atoms with Crippen molar-refractivity contribution in [2.45, 2.75) is 49.8 Å². The van der Waals surface area contributed by atoms with Crippen LogP contribution in [0.5, 0.6) is 0 Å². The van der Waals surface area contributed by atoms with Gasteiger partial charge in [-0.1, -0.05) is 19.3 Å². The Labute approximate surface area is 106 Å². The van der Waals surface area contributed by atoms with E-state index in [9.17, 15) is 0 Å². The zero-order valence-electron chi connectivity index (χ0n) is 9.58. The molecule has 1 aromatic heterocycles. The highest BCUT2D eigenvalue weighted by Gasteiger charge is 2.27. The fourth-order valence-electron chi connectivity index (χ4n) is 3.05. The Hall–Kier alpha value is 0.0100. The zero-order valence-corrected chi connectivity index (χ0v) is 11.2. The molecule has 88 valence electrons. The lowest BCUT2D eigenvalue weighted by atomic mass is 9.82. The maximum atomic E-state index is 6.28. The van der Waals surface area contributed by atoms with Crippen LogP contribution in [0.1, 0.15) is 60.1 Å². The molecule has 1 atom stereocenters. The third-order valence-electron chi connectivity index (χ3n) is 3.89. The van der Waals surface area contributed by atoms with E-state index in [-0.39, 0.29) is 0 Å². The van der Waals surface area contributed by atoms with E-state index < -0.39 is 0 Å². The Balaban J connectivity index is 1.91. The molecule has 1 aromatic rings. The molecular formula is C13H19NS2. The lowest BCUT2D eigenvalue weighted by Gasteiger charge is -2.26. The van der Waals surface area contributed by atoms with Crippen LogP contribution < -0.4 is 5.73 Å². The van der Waals surface area contributed by atoms with Crippen molar-refractivity contribution in [2.24, 2.45) is 5.73 Å². The van der Waals surface area contributed by atoms with E-state index in [2.05, 4.69) is 5.38 Å². The van der Waals surface area contributed by atoms with E-state index in [1.807, 2.05) is 23.1 Å². The van der Waals surface area contributed by atoms with Crippen molar-refractivity contribution in [3.8, 4) is 0 Å². The van der Waals surface area contributed by atoms with Gasteiger partial charge in [0.1, 0.15) is 0 Å². The van der Waals surface area contributed by atoms with Gasteiger partial charge in [-0.3, -0.25) is 0 Å². The summed E-state index contributed by atoms with van der Waals surface area (Å²) in [5.41, 5.74) is 9.44. The van der Waals surface area contributed by atoms with Gasteiger partial charge in [-0.05, 0) is 35.3 Å². The van der Waals surface area contributed by atoms with Gasteiger partial charge in [0.25, 0.3) is 0 Å². The lowest BCUT2D eigenvalue weighted by Crippen LogP contribution is -2.20. The summed E-state index contributed by atoms with van der Waals surface area (Å²) in [5, 5.41) is 2.41. The van der Waals surface area contributed by atoms with Crippen LogP contribution in [-0.2, 0) is 5.75 Å². The number of thioether (sulfide) groups is 1. The predicted molar refractivity (Wildman–Crippen MR) is 73.2 cm³/mol. The second-order valence-corrected chi connectivity index (χ2v) is 6.98. The molecule has 2 heterocycles. The normalized spacial score (nSPS) is 26.7. The van der Waals surface area contributed by atoms with Gasteiger partial charge < -0.3 is 5.73 Å². The van der Waals surface area contributed by atoms with E-state index in [1.165, 1.54) is 43.4 Å². The van der Waals surface area contributed by atoms with Crippen molar-refractivity contribution < 1.29 is 0 Å². The van der Waals surface area contributed by atoms with Crippen LogP contribution >= 0.6 is 23.1 Å². The summed E-state index contributed by atoms with van der Waals surface area (Å²) in [7, 11) is 0. The van der Waals surface area contributed by atoms with Gasteiger partial charge in [0.15, 0.2) is 0 Å². The van der Waals surface area contributed by atoms with Crippen LogP contribution in [0.2, 0.25) is 0 Å². The molecule has 0 aromatic carbocycles. The van der Waals surface area contributed by atoms with Gasteiger partial charge in [-0.25, -0.2) is 0 Å². The van der Waals surface area contributed by atoms with E-state index in [4.69, 9.17) is 5.73 Å². The summed E-state index contributed by atoms with van der Waals surface area (Å²) in [6.07, 6.45) is 7.05. The van der Waals surface area contributed by atoms with Crippen LogP contribution in [0.3, 0.4) is 0 Å². The topological polar surface area (TPSA) is 26.0 Å². The standard InChI is InChI=1S/C13H19NS2/c14-11-7-15-8-12-13(11)10(6-16-12)9-4-2-1-3-5-9/h6,9,11H,1-5,7-8,14H2. The van der Waals surface area contributed by atoms with Crippen molar-refractivity contribution in [1.29, 1.82) is 0 Å². The molecule has 0 amide bonds. The molecule has 2 aliphatic rings. The van der Waals surface area contributed by atoms with Crippen molar-refractivity contribution in [3.63, 3.8) is 0 Å². The van der Waals surface area contributed by atoms with Gasteiger partial charge in [0, 0.05) is 22.4 Å². The smallest absolute Gasteiger partial charge is 0.0401 e. The van der Waals surface area contributed by atoms with Crippen LogP contribution in [0.15, 0.2) is 5.38 Å². The molecule has 1 fully saturated rings. The molecule has 1 saturated carbocycles. The van der Waals surface area contributed by atoms with Crippen molar-refractivity contribution in [3.05, 3.63) is 21.4 Å². The molecule has 2 N–H and O–H groups in total. The highest BCUT2D eigenvalue weighted by molar-refractivity contribution is 7.98. The molecule has 1 unspecified atom stereocenters. The van der Waals surface area contributed by atoms with Crippen LogP contribution in [-0.4, -0.2) is 5.75 Å². The Morgan fingerprint density at radius 2 is 2.00 bits per heavy atom. The molecule has 0 spiro atoms. The maximum absolute atomic E-state index is 6.28. The molecule has 1 aliphatic carbocycles. The van der Waals surface area contributed by atoms with Crippen LogP contribution in [0.25, 0.3) is 0 Å². The first kappa shape index (κ1) is 11.1. The van der Waals surface area contributed by atoms with Crippen molar-refractivity contribution >= 4 is 23.1 Å². The lowest BCUT2D eigenvalue weighted by molar-refractivity contribution is 0.441. The summed E-state index contributed by atoms with van der Waals surface area (Å²) in [4.78, 5) is 1.56. The average Bonchev–Trinajstić information content (AvgIpc) is 2.75. The predicted octanol–water partition coefficient (Wildman–Crippen LogP) is 4.04. The SMILES string of the molecule is NC1CSCc2scc(C3CCCCC3)c21. The number of nitrogens with two attached hydrogens (primary N) is 1. The summed E-state index contributed by atoms with van der Waals surface area (Å²) in [6, 6.07) is 0.303. The molecule has 16 heavy (non-hydrogen) atoms. The summed E-state index contributed by atoms with van der Waals surface area (Å²) >= 11 is 3.94. The minimum atomic E-state index is 0.303. The summed E-state index contributed by atoms with van der Waals surface area (Å²) < 4.78 is 0. The first-order valence-corrected chi connectivity index (χ1v) is 8.33. The summed E-state index contributed by atoms with van der Waals surface area (Å²) in [5.74, 6) is 3.13. The largest absolute Gasteiger partial charge is 0.323 e. The number of hydrogen-bond donors (Lipinski definition) is 1. The number of fused-ring (bicyclic) bond motifs is 1. The quantitative estimate of drug-likeness (QED) is 0.817. The fourth-order valence-corrected chi connectivity index (χ4v) is 5.43. The second-order valence-electron chi connectivity index (χ2n) is 4.98. The van der Waals surface area contributed by atoms with Gasteiger partial charge in [-0.15, -0.1) is 11.3 Å². The molecule has 0 saturated heterocycles. The van der Waals surface area contributed by atoms with Crippen LogP contribution in [0, 0.1) is 0 Å². The first-order valence-electron chi connectivity index (χ1n) is 6.29. The van der Waals surface area contributed by atoms with Crippen LogP contribution in [0.4, 0.5) is 0 Å². The molecule has 3 heteroatoms. The Bertz CT molecular complexity index is 366. The molecule has 3 rings (SSSR count). The maximum Gasteiger partial charge on any atom is 0.0401 e. The third kappa shape index (κ3) is 1.93. The van der Waals surface area contributed by atoms with E-state index in [1.54, 1.807) is 10.4 Å². The van der Waals surface area contributed by atoms with E-state index in [0.717, 1.165) is 11.7 Å². The fraction of sp³-hybridized carbons (Fsp3) is 0.692. The highest BCUT2D eigenvalue weighted by Crippen LogP contribution is 2.43. The summed E-state index contributed by atoms with van der Waals surface area (Å²) in [6.45, 7) is 0. The van der Waals surface area contributed by atoms with Gasteiger partial charge in [0.05, 0.1) is 0 Å². The Morgan fingerprint density at radius 3 is 2.81 bits per heavy atom. The van der Waals surface area contributed by atoms with Gasteiger partial charge >= 0.3 is 0 Å². The highest BCUT2D eigenvalue weighted by atomic mass is 32.2.